The third-order valence-electron chi connectivity index (χ3n) is 4.44. The second kappa shape index (κ2) is 8.00. The maximum Gasteiger partial charge on any atom is 0.128 e. The van der Waals surface area contributed by atoms with Gasteiger partial charge >= 0.3 is 0 Å². The Hall–Kier alpha value is -0.800. The van der Waals surface area contributed by atoms with Crippen LogP contribution in [0.3, 0.4) is 0 Å². The zero-order valence-corrected chi connectivity index (χ0v) is 14.3. The summed E-state index contributed by atoms with van der Waals surface area (Å²) >= 11 is 6.27. The SMILES string of the molecule is CCCNCc1nc(N(C)C2CCCC(C)C2)ccc1Cl. The number of hydrogen-bond acceptors (Lipinski definition) is 3. The van der Waals surface area contributed by atoms with Gasteiger partial charge in [0.15, 0.2) is 0 Å². The van der Waals surface area contributed by atoms with E-state index in [0.29, 0.717) is 6.04 Å². The normalized spacial score (nSPS) is 22.3. The molecule has 0 radical (unpaired) electrons. The van der Waals surface area contributed by atoms with Gasteiger partial charge in [-0.2, -0.15) is 0 Å². The molecule has 1 aliphatic rings. The molecule has 1 aromatic rings. The molecule has 2 atom stereocenters. The average molecular weight is 310 g/mol. The molecule has 0 aliphatic heterocycles. The van der Waals surface area contributed by atoms with Gasteiger partial charge in [0.25, 0.3) is 0 Å². The van der Waals surface area contributed by atoms with E-state index in [-0.39, 0.29) is 0 Å². The van der Waals surface area contributed by atoms with Crippen molar-refractivity contribution < 1.29 is 0 Å². The Morgan fingerprint density at radius 2 is 2.19 bits per heavy atom. The van der Waals surface area contributed by atoms with E-state index in [4.69, 9.17) is 16.6 Å². The number of pyridine rings is 1. The summed E-state index contributed by atoms with van der Waals surface area (Å²) in [5.74, 6) is 1.87. The molecule has 4 heteroatoms. The lowest BCUT2D eigenvalue weighted by atomic mass is 9.86. The van der Waals surface area contributed by atoms with Gasteiger partial charge in [-0.3, -0.25) is 0 Å². The molecule has 1 heterocycles. The fraction of sp³-hybridized carbons (Fsp3) is 0.706. The fourth-order valence-corrected chi connectivity index (χ4v) is 3.29. The first-order valence-electron chi connectivity index (χ1n) is 8.20. The summed E-state index contributed by atoms with van der Waals surface area (Å²) in [6.45, 7) is 6.26. The lowest BCUT2D eigenvalue weighted by molar-refractivity contribution is 0.335. The fourth-order valence-electron chi connectivity index (χ4n) is 3.12. The second-order valence-electron chi connectivity index (χ2n) is 6.31. The van der Waals surface area contributed by atoms with Gasteiger partial charge in [0.05, 0.1) is 10.7 Å². The Morgan fingerprint density at radius 3 is 2.90 bits per heavy atom. The number of hydrogen-bond donors (Lipinski definition) is 1. The number of halogens is 1. The van der Waals surface area contributed by atoms with Crippen LogP contribution in [-0.2, 0) is 6.54 Å². The lowest BCUT2D eigenvalue weighted by Gasteiger charge is -2.35. The summed E-state index contributed by atoms with van der Waals surface area (Å²) in [7, 11) is 2.17. The average Bonchev–Trinajstić information content (AvgIpc) is 2.48. The molecule has 0 bridgehead atoms. The van der Waals surface area contributed by atoms with Crippen LogP contribution in [0.2, 0.25) is 5.02 Å². The van der Waals surface area contributed by atoms with Gasteiger partial charge in [-0.15, -0.1) is 0 Å². The largest absolute Gasteiger partial charge is 0.357 e. The van der Waals surface area contributed by atoms with Crippen LogP contribution < -0.4 is 10.2 Å². The molecule has 1 aliphatic carbocycles. The first kappa shape index (κ1) is 16.6. The van der Waals surface area contributed by atoms with E-state index in [0.717, 1.165) is 42.0 Å². The smallest absolute Gasteiger partial charge is 0.128 e. The highest BCUT2D eigenvalue weighted by atomic mass is 35.5. The molecule has 2 unspecified atom stereocenters. The van der Waals surface area contributed by atoms with Crippen molar-refractivity contribution in [2.24, 2.45) is 5.92 Å². The number of nitrogens with one attached hydrogen (secondary N) is 1. The monoisotopic (exact) mass is 309 g/mol. The van der Waals surface area contributed by atoms with E-state index < -0.39 is 0 Å². The van der Waals surface area contributed by atoms with Crippen LogP contribution in [0, 0.1) is 5.92 Å². The zero-order chi connectivity index (χ0) is 15.2. The van der Waals surface area contributed by atoms with E-state index in [1.165, 1.54) is 25.7 Å². The van der Waals surface area contributed by atoms with Gasteiger partial charge < -0.3 is 10.2 Å². The molecule has 118 valence electrons. The standard InChI is InChI=1S/C17H28ClN3/c1-4-10-19-12-16-15(18)8-9-17(20-16)21(3)14-7-5-6-13(2)11-14/h8-9,13-14,19H,4-7,10-12H2,1-3H3. The number of rotatable bonds is 6. The summed E-state index contributed by atoms with van der Waals surface area (Å²) in [6.07, 6.45) is 6.36. The van der Waals surface area contributed by atoms with Gasteiger partial charge in [0.1, 0.15) is 5.82 Å². The molecule has 1 aromatic heterocycles. The molecule has 0 saturated heterocycles. The molecule has 21 heavy (non-hydrogen) atoms. The topological polar surface area (TPSA) is 28.2 Å². The molecule has 0 amide bonds. The van der Waals surface area contributed by atoms with Crippen LogP contribution in [0.15, 0.2) is 12.1 Å². The van der Waals surface area contributed by atoms with Gasteiger partial charge in [-0.1, -0.05) is 38.3 Å². The van der Waals surface area contributed by atoms with Crippen molar-refractivity contribution in [2.75, 3.05) is 18.5 Å². The van der Waals surface area contributed by atoms with Crippen LogP contribution in [0.25, 0.3) is 0 Å². The van der Waals surface area contributed by atoms with E-state index in [1.807, 2.05) is 12.1 Å². The third-order valence-corrected chi connectivity index (χ3v) is 4.79. The van der Waals surface area contributed by atoms with Crippen molar-refractivity contribution in [3.63, 3.8) is 0 Å². The van der Waals surface area contributed by atoms with Crippen LogP contribution in [-0.4, -0.2) is 24.6 Å². The quantitative estimate of drug-likeness (QED) is 0.796. The molecule has 1 fully saturated rings. The summed E-state index contributed by atoms with van der Waals surface area (Å²) in [4.78, 5) is 7.12. The Kier molecular flexibility index (Phi) is 6.31. The Balaban J connectivity index is 2.06. The Morgan fingerprint density at radius 1 is 1.38 bits per heavy atom. The summed E-state index contributed by atoms with van der Waals surface area (Å²) in [5.41, 5.74) is 0.957. The molecule has 1 N–H and O–H groups in total. The van der Waals surface area contributed by atoms with Crippen LogP contribution in [0.4, 0.5) is 5.82 Å². The molecule has 0 spiro atoms. The first-order chi connectivity index (χ1) is 10.1. The lowest BCUT2D eigenvalue weighted by Crippen LogP contribution is -2.36. The summed E-state index contributed by atoms with van der Waals surface area (Å²) in [6, 6.07) is 4.64. The van der Waals surface area contributed by atoms with Crippen LogP contribution in [0.5, 0.6) is 0 Å². The highest BCUT2D eigenvalue weighted by molar-refractivity contribution is 6.31. The molecular weight excluding hydrogens is 282 g/mol. The van der Waals surface area contributed by atoms with Crippen molar-refractivity contribution in [3.8, 4) is 0 Å². The Bertz CT molecular complexity index is 450. The summed E-state index contributed by atoms with van der Waals surface area (Å²) in [5, 5.41) is 4.14. The summed E-state index contributed by atoms with van der Waals surface area (Å²) < 4.78 is 0. The van der Waals surface area contributed by atoms with Crippen LogP contribution >= 0.6 is 11.6 Å². The number of nitrogens with zero attached hydrogens (tertiary/aromatic N) is 2. The minimum atomic E-state index is 0.610. The molecule has 2 rings (SSSR count). The minimum absolute atomic E-state index is 0.610. The highest BCUT2D eigenvalue weighted by Crippen LogP contribution is 2.29. The van der Waals surface area contributed by atoms with Crippen molar-refractivity contribution in [1.82, 2.24) is 10.3 Å². The van der Waals surface area contributed by atoms with Crippen LogP contribution in [0.1, 0.15) is 51.6 Å². The molecule has 1 saturated carbocycles. The second-order valence-corrected chi connectivity index (χ2v) is 6.72. The maximum absolute atomic E-state index is 6.27. The van der Waals surface area contributed by atoms with E-state index in [1.54, 1.807) is 0 Å². The van der Waals surface area contributed by atoms with Crippen molar-refractivity contribution in [1.29, 1.82) is 0 Å². The third kappa shape index (κ3) is 4.58. The van der Waals surface area contributed by atoms with Gasteiger partial charge in [-0.25, -0.2) is 4.98 Å². The van der Waals surface area contributed by atoms with Gasteiger partial charge in [-0.05, 0) is 43.9 Å². The highest BCUT2D eigenvalue weighted by Gasteiger charge is 2.23. The predicted octanol–water partition coefficient (Wildman–Crippen LogP) is 4.25. The first-order valence-corrected chi connectivity index (χ1v) is 8.58. The van der Waals surface area contributed by atoms with E-state index in [2.05, 4.69) is 31.1 Å². The van der Waals surface area contributed by atoms with E-state index >= 15 is 0 Å². The molecule has 3 nitrogen and oxygen atoms in total. The van der Waals surface area contributed by atoms with Gasteiger partial charge in [0, 0.05) is 19.6 Å². The maximum atomic E-state index is 6.27. The van der Waals surface area contributed by atoms with Crippen molar-refractivity contribution in [3.05, 3.63) is 22.8 Å². The number of anilines is 1. The number of aromatic nitrogens is 1. The minimum Gasteiger partial charge on any atom is -0.357 e. The molecule has 0 aromatic carbocycles. The van der Waals surface area contributed by atoms with Crippen molar-refractivity contribution >= 4 is 17.4 Å². The van der Waals surface area contributed by atoms with E-state index in [9.17, 15) is 0 Å². The Labute approximate surface area is 134 Å². The van der Waals surface area contributed by atoms with Gasteiger partial charge in [0.2, 0.25) is 0 Å². The molecular formula is C17H28ClN3. The van der Waals surface area contributed by atoms with Crippen molar-refractivity contribution in [2.45, 2.75) is 58.5 Å². The zero-order valence-electron chi connectivity index (χ0n) is 13.5. The predicted molar refractivity (Wildman–Crippen MR) is 91.1 cm³/mol.